The van der Waals surface area contributed by atoms with Gasteiger partial charge in [0.05, 0.1) is 0 Å². The monoisotopic (exact) mass is 266 g/mol. The molecule has 18 heavy (non-hydrogen) atoms. The van der Waals surface area contributed by atoms with Gasteiger partial charge in [-0.25, -0.2) is 0 Å². The van der Waals surface area contributed by atoms with Gasteiger partial charge in [-0.1, -0.05) is 13.8 Å². The number of nitrogens with zero attached hydrogens (tertiary/aromatic N) is 1. The van der Waals surface area contributed by atoms with E-state index in [4.69, 9.17) is 0 Å². The third-order valence-electron chi connectivity index (χ3n) is 3.18. The zero-order valence-electron chi connectivity index (χ0n) is 10.7. The maximum atomic E-state index is 12.3. The Kier molecular flexibility index (Phi) is 3.80. The molecule has 1 aliphatic heterocycles. The molecule has 4 nitrogen and oxygen atoms in total. The second-order valence-electron chi connectivity index (χ2n) is 5.07. The first-order valence-electron chi connectivity index (χ1n) is 6.10. The van der Waals surface area contributed by atoms with Crippen molar-refractivity contribution < 1.29 is 4.79 Å². The zero-order chi connectivity index (χ0) is 13.2. The van der Waals surface area contributed by atoms with E-state index in [1.807, 2.05) is 11.8 Å². The summed E-state index contributed by atoms with van der Waals surface area (Å²) in [5.41, 5.74) is 0.0251. The molecule has 2 heterocycles. The highest BCUT2D eigenvalue weighted by Crippen LogP contribution is 2.30. The van der Waals surface area contributed by atoms with Crippen LogP contribution in [0.25, 0.3) is 0 Å². The van der Waals surface area contributed by atoms with Crippen molar-refractivity contribution in [1.82, 2.24) is 9.88 Å². The van der Waals surface area contributed by atoms with Crippen LogP contribution in [-0.2, 0) is 0 Å². The molecule has 1 aliphatic rings. The number of pyridine rings is 1. The lowest BCUT2D eigenvalue weighted by Crippen LogP contribution is -2.36. The summed E-state index contributed by atoms with van der Waals surface area (Å²) in [5.74, 6) is 0.763. The van der Waals surface area contributed by atoms with E-state index >= 15 is 0 Å². The fourth-order valence-corrected chi connectivity index (χ4v) is 3.08. The highest BCUT2D eigenvalue weighted by Gasteiger charge is 2.27. The van der Waals surface area contributed by atoms with Crippen LogP contribution in [0.5, 0.6) is 0 Å². The Labute approximate surface area is 111 Å². The summed E-state index contributed by atoms with van der Waals surface area (Å²) < 4.78 is 0.206. The predicted molar refractivity (Wildman–Crippen MR) is 74.1 cm³/mol. The summed E-state index contributed by atoms with van der Waals surface area (Å²) in [6.45, 7) is 5.82. The topological polar surface area (TPSA) is 53.2 Å². The van der Waals surface area contributed by atoms with Crippen molar-refractivity contribution >= 4 is 17.7 Å². The average Bonchev–Trinajstić information content (AvgIpc) is 2.50. The van der Waals surface area contributed by atoms with Crippen molar-refractivity contribution in [1.29, 1.82) is 0 Å². The van der Waals surface area contributed by atoms with Gasteiger partial charge in [0.15, 0.2) is 5.43 Å². The first kappa shape index (κ1) is 13.2. The highest BCUT2D eigenvalue weighted by molar-refractivity contribution is 8.00. The molecule has 1 fully saturated rings. The van der Waals surface area contributed by atoms with Gasteiger partial charge in [-0.05, 0) is 6.42 Å². The van der Waals surface area contributed by atoms with E-state index < -0.39 is 0 Å². The number of amides is 1. The van der Waals surface area contributed by atoms with E-state index in [9.17, 15) is 9.59 Å². The predicted octanol–water partition coefficient (Wildman–Crippen LogP) is 1.73. The molecule has 0 unspecified atom stereocenters. The fraction of sp³-hybridized carbons (Fsp3) is 0.538. The number of carbonyl (C=O) groups is 1. The summed E-state index contributed by atoms with van der Waals surface area (Å²) in [7, 11) is 0. The minimum Gasteiger partial charge on any atom is -0.367 e. The van der Waals surface area contributed by atoms with Gasteiger partial charge in [-0.2, -0.15) is 11.8 Å². The maximum absolute atomic E-state index is 12.3. The van der Waals surface area contributed by atoms with Crippen LogP contribution in [0.4, 0.5) is 0 Å². The van der Waals surface area contributed by atoms with Crippen molar-refractivity contribution in [3.05, 3.63) is 34.2 Å². The molecule has 0 saturated carbocycles. The van der Waals surface area contributed by atoms with Crippen molar-refractivity contribution in [2.24, 2.45) is 0 Å². The number of hydrogen-bond donors (Lipinski definition) is 1. The Hall–Kier alpha value is -1.23. The van der Waals surface area contributed by atoms with E-state index in [1.165, 1.54) is 12.3 Å². The normalized spacial score (nSPS) is 19.3. The number of nitrogens with one attached hydrogen (secondary N) is 1. The average molecular weight is 266 g/mol. The van der Waals surface area contributed by atoms with Crippen LogP contribution in [0.15, 0.2) is 23.3 Å². The van der Waals surface area contributed by atoms with E-state index in [0.717, 1.165) is 12.2 Å². The number of H-pyrrole nitrogens is 1. The first-order valence-corrected chi connectivity index (χ1v) is 7.08. The first-order chi connectivity index (χ1) is 8.49. The van der Waals surface area contributed by atoms with E-state index in [0.29, 0.717) is 13.1 Å². The van der Waals surface area contributed by atoms with Crippen molar-refractivity contribution in [2.75, 3.05) is 18.8 Å². The molecule has 0 atom stereocenters. The molecule has 0 bridgehead atoms. The molecule has 5 heteroatoms. The summed E-state index contributed by atoms with van der Waals surface area (Å²) in [6, 6.07) is 1.39. The van der Waals surface area contributed by atoms with Crippen molar-refractivity contribution in [2.45, 2.75) is 25.0 Å². The Bertz CT molecular complexity index is 496. The lowest BCUT2D eigenvalue weighted by Gasteiger charge is -2.22. The van der Waals surface area contributed by atoms with Gasteiger partial charge in [0.1, 0.15) is 5.56 Å². The fourth-order valence-electron chi connectivity index (χ4n) is 1.98. The van der Waals surface area contributed by atoms with Gasteiger partial charge >= 0.3 is 0 Å². The third kappa shape index (κ3) is 2.96. The smallest absolute Gasteiger partial charge is 0.259 e. The Morgan fingerprint density at radius 2 is 2.22 bits per heavy atom. The van der Waals surface area contributed by atoms with E-state index in [1.54, 1.807) is 11.1 Å². The Morgan fingerprint density at radius 3 is 2.94 bits per heavy atom. The van der Waals surface area contributed by atoms with Gasteiger partial charge in [-0.3, -0.25) is 9.59 Å². The number of thioether (sulfide) groups is 1. The van der Waals surface area contributed by atoms with E-state index in [-0.39, 0.29) is 21.6 Å². The second-order valence-corrected chi connectivity index (χ2v) is 6.87. The molecule has 0 spiro atoms. The Balaban J connectivity index is 2.15. The number of hydrogen-bond acceptors (Lipinski definition) is 3. The van der Waals surface area contributed by atoms with Crippen LogP contribution in [0.3, 0.4) is 0 Å². The molecule has 98 valence electrons. The molecular formula is C13H18N2O2S. The lowest BCUT2D eigenvalue weighted by atomic mass is 10.1. The summed E-state index contributed by atoms with van der Waals surface area (Å²) >= 11 is 1.88. The second kappa shape index (κ2) is 5.18. The SMILES string of the molecule is CC1(C)CCN(C(=O)c2c[nH]ccc2=O)CCS1. The minimum atomic E-state index is -0.213. The largest absolute Gasteiger partial charge is 0.367 e. The Morgan fingerprint density at radius 1 is 1.44 bits per heavy atom. The van der Waals surface area contributed by atoms with Crippen LogP contribution in [0, 0.1) is 0 Å². The molecule has 1 aromatic rings. The standard InChI is InChI=1S/C13H18N2O2S/c1-13(2)4-6-15(7-8-18-13)12(17)10-9-14-5-3-11(10)16/h3,5,9H,4,6-8H2,1-2H3,(H,14,16). The zero-order valence-corrected chi connectivity index (χ0v) is 11.5. The minimum absolute atomic E-state index is 0.157. The van der Waals surface area contributed by atoms with Crippen molar-refractivity contribution in [3.63, 3.8) is 0 Å². The molecule has 2 rings (SSSR count). The molecule has 0 radical (unpaired) electrons. The molecule has 0 aliphatic carbocycles. The van der Waals surface area contributed by atoms with E-state index in [2.05, 4.69) is 18.8 Å². The number of carbonyl (C=O) groups excluding carboxylic acids is 1. The van der Waals surface area contributed by atoms with Gasteiger partial charge in [0, 0.05) is 42.0 Å². The number of aromatic amines is 1. The quantitative estimate of drug-likeness (QED) is 0.842. The summed E-state index contributed by atoms with van der Waals surface area (Å²) in [6.07, 6.45) is 3.99. The lowest BCUT2D eigenvalue weighted by molar-refractivity contribution is 0.0763. The highest BCUT2D eigenvalue weighted by atomic mass is 32.2. The van der Waals surface area contributed by atoms with Crippen LogP contribution < -0.4 is 5.43 Å². The number of aromatic nitrogens is 1. The maximum Gasteiger partial charge on any atom is 0.259 e. The van der Waals surface area contributed by atoms with Gasteiger partial charge in [-0.15, -0.1) is 0 Å². The van der Waals surface area contributed by atoms with Gasteiger partial charge < -0.3 is 9.88 Å². The van der Waals surface area contributed by atoms with Crippen LogP contribution in [0.2, 0.25) is 0 Å². The van der Waals surface area contributed by atoms with Crippen LogP contribution in [-0.4, -0.2) is 39.4 Å². The van der Waals surface area contributed by atoms with Gasteiger partial charge in [0.25, 0.3) is 5.91 Å². The number of rotatable bonds is 1. The summed E-state index contributed by atoms with van der Waals surface area (Å²) in [5, 5.41) is 0. The molecule has 0 aromatic carbocycles. The van der Waals surface area contributed by atoms with Gasteiger partial charge in [0.2, 0.25) is 0 Å². The molecule has 1 N–H and O–H groups in total. The van der Waals surface area contributed by atoms with Crippen LogP contribution >= 0.6 is 11.8 Å². The molecular weight excluding hydrogens is 248 g/mol. The van der Waals surface area contributed by atoms with Crippen LogP contribution in [0.1, 0.15) is 30.6 Å². The molecule has 1 saturated heterocycles. The molecule has 1 amide bonds. The molecule has 1 aromatic heterocycles. The van der Waals surface area contributed by atoms with Crippen molar-refractivity contribution in [3.8, 4) is 0 Å². The summed E-state index contributed by atoms with van der Waals surface area (Å²) in [4.78, 5) is 28.5. The third-order valence-corrected chi connectivity index (χ3v) is 4.55.